The predicted molar refractivity (Wildman–Crippen MR) is 85.7 cm³/mol. The Hall–Kier alpha value is -1.79. The van der Waals surface area contributed by atoms with Crippen LogP contribution >= 0.6 is 11.3 Å². The lowest BCUT2D eigenvalue weighted by Crippen LogP contribution is -2.20. The zero-order valence-corrected chi connectivity index (χ0v) is 13.3. The molecular weight excluding hydrogens is 284 g/mol. The number of thiazole rings is 1. The third-order valence-corrected chi connectivity index (χ3v) is 3.89. The number of aromatic nitrogens is 2. The number of hydrogen-bond donors (Lipinski definition) is 2. The van der Waals surface area contributed by atoms with Gasteiger partial charge in [0.2, 0.25) is 0 Å². The van der Waals surface area contributed by atoms with Crippen molar-refractivity contribution in [2.24, 2.45) is 0 Å². The monoisotopic (exact) mass is 304 g/mol. The van der Waals surface area contributed by atoms with Crippen LogP contribution in [0, 0.1) is 6.92 Å². The Labute approximate surface area is 128 Å². The molecule has 2 rings (SSSR count). The molecule has 1 amide bonds. The molecule has 2 aromatic rings. The first kappa shape index (κ1) is 15.6. The smallest absolute Gasteiger partial charge is 0.276 e. The first-order valence-electron chi connectivity index (χ1n) is 7.03. The van der Waals surface area contributed by atoms with Crippen LogP contribution in [0.15, 0.2) is 23.7 Å². The number of carbonyl (C=O) groups excluding carboxylic acids is 1. The van der Waals surface area contributed by atoms with E-state index in [-0.39, 0.29) is 11.9 Å². The molecule has 2 N–H and O–H groups in total. The second-order valence-corrected chi connectivity index (χ2v) is 5.73. The van der Waals surface area contributed by atoms with Crippen molar-refractivity contribution < 1.29 is 4.79 Å². The molecule has 1 unspecified atom stereocenters. The van der Waals surface area contributed by atoms with Crippen LogP contribution < -0.4 is 10.6 Å². The number of amides is 1. The lowest BCUT2D eigenvalue weighted by Gasteiger charge is -2.09. The van der Waals surface area contributed by atoms with E-state index in [4.69, 9.17) is 0 Å². The van der Waals surface area contributed by atoms with E-state index in [1.165, 1.54) is 11.3 Å². The Morgan fingerprint density at radius 3 is 3.00 bits per heavy atom. The number of nitrogens with zero attached hydrogens (tertiary/aromatic N) is 2. The van der Waals surface area contributed by atoms with Crippen molar-refractivity contribution in [2.75, 3.05) is 11.9 Å². The molecular formula is C15H20N4OS. The van der Waals surface area contributed by atoms with Gasteiger partial charge in [-0.2, -0.15) is 0 Å². The molecule has 0 aromatic carbocycles. The summed E-state index contributed by atoms with van der Waals surface area (Å²) in [4.78, 5) is 20.7. The summed E-state index contributed by atoms with van der Waals surface area (Å²) in [6, 6.07) is 3.86. The summed E-state index contributed by atoms with van der Waals surface area (Å²) in [6.07, 6.45) is 2.70. The second kappa shape index (κ2) is 7.28. The standard InChI is InChI=1S/C15H20N4OS/c1-4-7-16-11(3)12-9-21-15(18-12)19-14(20)13-10(2)6-5-8-17-13/h5-6,8-9,11,16H,4,7H2,1-3H3,(H,18,19,20). The van der Waals surface area contributed by atoms with Gasteiger partial charge in [-0.05, 0) is 38.4 Å². The molecule has 0 spiro atoms. The highest BCUT2D eigenvalue weighted by molar-refractivity contribution is 7.14. The van der Waals surface area contributed by atoms with E-state index >= 15 is 0 Å². The van der Waals surface area contributed by atoms with Crippen molar-refractivity contribution in [1.82, 2.24) is 15.3 Å². The van der Waals surface area contributed by atoms with Gasteiger partial charge < -0.3 is 5.32 Å². The van der Waals surface area contributed by atoms with E-state index < -0.39 is 0 Å². The van der Waals surface area contributed by atoms with Gasteiger partial charge in [0, 0.05) is 17.6 Å². The molecule has 2 aromatic heterocycles. The Bertz CT molecular complexity index is 611. The topological polar surface area (TPSA) is 66.9 Å². The fourth-order valence-electron chi connectivity index (χ4n) is 1.89. The SMILES string of the molecule is CCCNC(C)c1csc(NC(=O)c2ncccc2C)n1. The van der Waals surface area contributed by atoms with Crippen LogP contribution in [-0.2, 0) is 0 Å². The first-order chi connectivity index (χ1) is 10.1. The second-order valence-electron chi connectivity index (χ2n) is 4.88. The Kier molecular flexibility index (Phi) is 5.41. The van der Waals surface area contributed by atoms with Crippen molar-refractivity contribution in [3.05, 3.63) is 40.7 Å². The van der Waals surface area contributed by atoms with Crippen LogP contribution in [0.3, 0.4) is 0 Å². The van der Waals surface area contributed by atoms with Gasteiger partial charge in [-0.15, -0.1) is 11.3 Å². The van der Waals surface area contributed by atoms with Gasteiger partial charge in [0.05, 0.1) is 5.69 Å². The largest absolute Gasteiger partial charge is 0.309 e. The number of nitrogens with one attached hydrogen (secondary N) is 2. The molecule has 0 radical (unpaired) electrons. The number of carbonyl (C=O) groups is 1. The minimum atomic E-state index is -0.219. The maximum Gasteiger partial charge on any atom is 0.276 e. The fraction of sp³-hybridized carbons (Fsp3) is 0.400. The van der Waals surface area contributed by atoms with Gasteiger partial charge in [0.25, 0.3) is 5.91 Å². The molecule has 0 aliphatic rings. The molecule has 0 bridgehead atoms. The quantitative estimate of drug-likeness (QED) is 0.860. The predicted octanol–water partition coefficient (Wildman–Crippen LogP) is 3.16. The maximum absolute atomic E-state index is 12.2. The lowest BCUT2D eigenvalue weighted by atomic mass is 10.2. The first-order valence-corrected chi connectivity index (χ1v) is 7.91. The minimum absolute atomic E-state index is 0.184. The van der Waals surface area contributed by atoms with Gasteiger partial charge >= 0.3 is 0 Å². The van der Waals surface area contributed by atoms with Gasteiger partial charge in [-0.1, -0.05) is 13.0 Å². The zero-order chi connectivity index (χ0) is 15.2. The number of anilines is 1. The van der Waals surface area contributed by atoms with Crippen LogP contribution in [0.2, 0.25) is 0 Å². The summed E-state index contributed by atoms with van der Waals surface area (Å²) in [5, 5.41) is 8.75. The van der Waals surface area contributed by atoms with E-state index in [0.717, 1.165) is 24.2 Å². The van der Waals surface area contributed by atoms with E-state index in [2.05, 4.69) is 34.4 Å². The van der Waals surface area contributed by atoms with Gasteiger partial charge in [0.1, 0.15) is 5.69 Å². The summed E-state index contributed by atoms with van der Waals surface area (Å²) in [7, 11) is 0. The van der Waals surface area contributed by atoms with Gasteiger partial charge in [0.15, 0.2) is 5.13 Å². The van der Waals surface area contributed by atoms with E-state index in [0.29, 0.717) is 10.8 Å². The normalized spacial score (nSPS) is 12.1. The maximum atomic E-state index is 12.2. The average Bonchev–Trinajstić information content (AvgIpc) is 2.93. The molecule has 0 saturated heterocycles. The summed E-state index contributed by atoms with van der Waals surface area (Å²) in [6.45, 7) is 7.01. The van der Waals surface area contributed by atoms with Crippen LogP contribution in [0.1, 0.15) is 48.1 Å². The Balaban J connectivity index is 2.02. The Morgan fingerprint density at radius 1 is 1.48 bits per heavy atom. The van der Waals surface area contributed by atoms with Gasteiger partial charge in [-0.3, -0.25) is 15.1 Å². The molecule has 0 fully saturated rings. The molecule has 6 heteroatoms. The van der Waals surface area contributed by atoms with Crippen molar-refractivity contribution in [3.63, 3.8) is 0 Å². The van der Waals surface area contributed by atoms with Crippen molar-refractivity contribution in [2.45, 2.75) is 33.2 Å². The highest BCUT2D eigenvalue weighted by atomic mass is 32.1. The van der Waals surface area contributed by atoms with Crippen LogP contribution in [0.4, 0.5) is 5.13 Å². The molecule has 0 saturated carbocycles. The van der Waals surface area contributed by atoms with E-state index in [1.54, 1.807) is 6.20 Å². The van der Waals surface area contributed by atoms with Crippen molar-refractivity contribution in [3.8, 4) is 0 Å². The van der Waals surface area contributed by atoms with E-state index in [9.17, 15) is 4.79 Å². The van der Waals surface area contributed by atoms with Crippen molar-refractivity contribution in [1.29, 1.82) is 0 Å². The Morgan fingerprint density at radius 2 is 2.29 bits per heavy atom. The molecule has 2 heterocycles. The average molecular weight is 304 g/mol. The summed E-state index contributed by atoms with van der Waals surface area (Å²) in [5.74, 6) is -0.219. The van der Waals surface area contributed by atoms with Crippen LogP contribution in [0.5, 0.6) is 0 Å². The number of rotatable bonds is 6. The molecule has 0 aliphatic heterocycles. The summed E-state index contributed by atoms with van der Waals surface area (Å²) in [5.41, 5.74) is 2.23. The van der Waals surface area contributed by atoms with Crippen LogP contribution in [0.25, 0.3) is 0 Å². The lowest BCUT2D eigenvalue weighted by molar-refractivity contribution is 0.102. The molecule has 1 atom stereocenters. The molecule has 5 nitrogen and oxygen atoms in total. The number of hydrogen-bond acceptors (Lipinski definition) is 5. The summed E-state index contributed by atoms with van der Waals surface area (Å²) < 4.78 is 0. The third kappa shape index (κ3) is 4.09. The number of aryl methyl sites for hydroxylation is 1. The summed E-state index contributed by atoms with van der Waals surface area (Å²) >= 11 is 1.43. The fourth-order valence-corrected chi connectivity index (χ4v) is 2.69. The van der Waals surface area contributed by atoms with Crippen LogP contribution in [-0.4, -0.2) is 22.4 Å². The zero-order valence-electron chi connectivity index (χ0n) is 12.5. The molecule has 112 valence electrons. The third-order valence-electron chi connectivity index (χ3n) is 3.11. The highest BCUT2D eigenvalue weighted by Gasteiger charge is 2.14. The van der Waals surface area contributed by atoms with E-state index in [1.807, 2.05) is 24.4 Å². The minimum Gasteiger partial charge on any atom is -0.309 e. The van der Waals surface area contributed by atoms with Crippen molar-refractivity contribution >= 4 is 22.4 Å². The number of pyridine rings is 1. The van der Waals surface area contributed by atoms with Gasteiger partial charge in [-0.25, -0.2) is 4.98 Å². The molecule has 0 aliphatic carbocycles. The highest BCUT2D eigenvalue weighted by Crippen LogP contribution is 2.21. The molecule has 21 heavy (non-hydrogen) atoms.